The third-order valence-corrected chi connectivity index (χ3v) is 1.96. The summed E-state index contributed by atoms with van der Waals surface area (Å²) in [6.45, 7) is 1.90. The van der Waals surface area contributed by atoms with Crippen molar-refractivity contribution in [3.8, 4) is 12.3 Å². The van der Waals surface area contributed by atoms with Crippen LogP contribution in [0.25, 0.3) is 0 Å². The summed E-state index contributed by atoms with van der Waals surface area (Å²) in [5.41, 5.74) is 1.60. The Bertz CT molecular complexity index is 346. The molecular formula is C12H13NO. The number of carbonyl (C=O) groups excluding carboxylic acids is 1. The van der Waals surface area contributed by atoms with Crippen LogP contribution in [0.1, 0.15) is 35.3 Å². The number of nitrogens with zero attached hydrogens (tertiary/aromatic N) is 1. The quantitative estimate of drug-likeness (QED) is 0.411. The topological polar surface area (TPSA) is 30.0 Å². The van der Waals surface area contributed by atoms with Gasteiger partial charge in [-0.3, -0.25) is 9.78 Å². The number of ketones is 1. The molecule has 0 N–H and O–H groups in total. The van der Waals surface area contributed by atoms with Gasteiger partial charge in [-0.05, 0) is 25.5 Å². The maximum Gasteiger partial charge on any atom is 0.164 e. The Morgan fingerprint density at radius 1 is 1.57 bits per heavy atom. The zero-order valence-corrected chi connectivity index (χ0v) is 8.29. The highest BCUT2D eigenvalue weighted by Crippen LogP contribution is 2.06. The molecule has 0 unspecified atom stereocenters. The van der Waals surface area contributed by atoms with Crippen LogP contribution in [0.3, 0.4) is 0 Å². The average Bonchev–Trinajstić information content (AvgIpc) is 2.19. The zero-order chi connectivity index (χ0) is 10.4. The summed E-state index contributed by atoms with van der Waals surface area (Å²) >= 11 is 0. The van der Waals surface area contributed by atoms with E-state index in [2.05, 4.69) is 10.9 Å². The van der Waals surface area contributed by atoms with E-state index in [1.54, 1.807) is 12.3 Å². The molecule has 0 spiro atoms. The molecule has 0 saturated heterocycles. The lowest BCUT2D eigenvalue weighted by Gasteiger charge is -1.99. The van der Waals surface area contributed by atoms with Gasteiger partial charge in [0.2, 0.25) is 0 Å². The lowest BCUT2D eigenvalue weighted by atomic mass is 10.1. The van der Waals surface area contributed by atoms with Gasteiger partial charge in [-0.25, -0.2) is 0 Å². The van der Waals surface area contributed by atoms with Gasteiger partial charge in [0, 0.05) is 30.3 Å². The van der Waals surface area contributed by atoms with E-state index in [-0.39, 0.29) is 5.78 Å². The molecule has 0 fully saturated rings. The number of pyridine rings is 1. The van der Waals surface area contributed by atoms with E-state index in [0.717, 1.165) is 12.1 Å². The molecule has 2 nitrogen and oxygen atoms in total. The van der Waals surface area contributed by atoms with Crippen LogP contribution in [-0.4, -0.2) is 10.8 Å². The minimum atomic E-state index is 0.118. The van der Waals surface area contributed by atoms with Crippen LogP contribution in [-0.2, 0) is 0 Å². The lowest BCUT2D eigenvalue weighted by molar-refractivity contribution is 0.0980. The molecule has 0 aliphatic carbocycles. The number of aryl methyl sites for hydroxylation is 1. The molecule has 0 aliphatic rings. The number of aromatic nitrogens is 1. The molecule has 0 bridgehead atoms. The predicted molar refractivity (Wildman–Crippen MR) is 56.0 cm³/mol. The van der Waals surface area contributed by atoms with Gasteiger partial charge in [0.15, 0.2) is 5.78 Å². The summed E-state index contributed by atoms with van der Waals surface area (Å²) in [6, 6.07) is 3.65. The van der Waals surface area contributed by atoms with Crippen molar-refractivity contribution in [1.82, 2.24) is 4.98 Å². The van der Waals surface area contributed by atoms with E-state index in [1.165, 1.54) is 0 Å². The molecule has 1 heterocycles. The van der Waals surface area contributed by atoms with Crippen molar-refractivity contribution >= 4 is 5.78 Å². The van der Waals surface area contributed by atoms with Gasteiger partial charge in [0.25, 0.3) is 0 Å². The number of unbranched alkanes of at least 4 members (excludes halogenated alkanes) is 1. The Hall–Kier alpha value is -1.62. The van der Waals surface area contributed by atoms with Crippen LogP contribution in [0.5, 0.6) is 0 Å². The highest BCUT2D eigenvalue weighted by Gasteiger charge is 2.04. The molecule has 0 radical (unpaired) electrons. The Labute approximate surface area is 84.4 Å². The smallest absolute Gasteiger partial charge is 0.164 e. The van der Waals surface area contributed by atoms with E-state index in [0.29, 0.717) is 18.4 Å². The molecular weight excluding hydrogens is 174 g/mol. The summed E-state index contributed by atoms with van der Waals surface area (Å²) in [5.74, 6) is 2.63. The van der Waals surface area contributed by atoms with Crippen molar-refractivity contribution in [3.63, 3.8) is 0 Å². The van der Waals surface area contributed by atoms with Crippen LogP contribution in [0.2, 0.25) is 0 Å². The minimum Gasteiger partial charge on any atom is -0.294 e. The van der Waals surface area contributed by atoms with E-state index in [1.807, 2.05) is 13.0 Å². The standard InChI is InChI=1S/C12H13NO/c1-3-4-5-6-12(14)11-8-7-10(2)13-9-11/h1,7-9H,4-6H2,2H3. The normalized spacial score (nSPS) is 9.43. The summed E-state index contributed by atoms with van der Waals surface area (Å²) < 4.78 is 0. The van der Waals surface area contributed by atoms with Gasteiger partial charge < -0.3 is 0 Å². The molecule has 0 amide bonds. The van der Waals surface area contributed by atoms with Crippen molar-refractivity contribution < 1.29 is 4.79 Å². The number of Topliss-reactive ketones (excluding diaryl/α,β-unsaturated/α-hetero) is 1. The summed E-state index contributed by atoms with van der Waals surface area (Å²) in [7, 11) is 0. The maximum atomic E-state index is 11.5. The van der Waals surface area contributed by atoms with Crippen molar-refractivity contribution in [2.24, 2.45) is 0 Å². The van der Waals surface area contributed by atoms with Crippen LogP contribution >= 0.6 is 0 Å². The second kappa shape index (κ2) is 5.18. The fourth-order valence-electron chi connectivity index (χ4n) is 1.13. The first-order valence-electron chi connectivity index (χ1n) is 4.63. The summed E-state index contributed by atoms with van der Waals surface area (Å²) in [4.78, 5) is 15.6. The summed E-state index contributed by atoms with van der Waals surface area (Å²) in [5, 5.41) is 0. The lowest BCUT2D eigenvalue weighted by Crippen LogP contribution is -1.99. The van der Waals surface area contributed by atoms with Gasteiger partial charge in [0.1, 0.15) is 0 Å². The van der Waals surface area contributed by atoms with Crippen molar-refractivity contribution in [3.05, 3.63) is 29.6 Å². The van der Waals surface area contributed by atoms with Crippen LogP contribution in [0, 0.1) is 19.3 Å². The fraction of sp³-hybridized carbons (Fsp3) is 0.333. The third-order valence-electron chi connectivity index (χ3n) is 1.96. The second-order valence-electron chi connectivity index (χ2n) is 3.17. The number of carbonyl (C=O) groups is 1. The predicted octanol–water partition coefficient (Wildman–Crippen LogP) is 2.38. The van der Waals surface area contributed by atoms with E-state index in [4.69, 9.17) is 6.42 Å². The minimum absolute atomic E-state index is 0.118. The molecule has 0 atom stereocenters. The monoisotopic (exact) mass is 187 g/mol. The van der Waals surface area contributed by atoms with Crippen molar-refractivity contribution in [1.29, 1.82) is 0 Å². The molecule has 14 heavy (non-hydrogen) atoms. The number of terminal acetylenes is 1. The molecule has 0 aromatic carbocycles. The molecule has 0 aliphatic heterocycles. The van der Waals surface area contributed by atoms with E-state index >= 15 is 0 Å². The van der Waals surface area contributed by atoms with Gasteiger partial charge in [-0.2, -0.15) is 0 Å². The number of hydrogen-bond acceptors (Lipinski definition) is 2. The van der Waals surface area contributed by atoms with Gasteiger partial charge in [-0.1, -0.05) is 0 Å². The highest BCUT2D eigenvalue weighted by atomic mass is 16.1. The first-order chi connectivity index (χ1) is 6.74. The molecule has 1 rings (SSSR count). The Kier molecular flexibility index (Phi) is 3.87. The van der Waals surface area contributed by atoms with Crippen molar-refractivity contribution in [2.45, 2.75) is 26.2 Å². The van der Waals surface area contributed by atoms with Crippen LogP contribution < -0.4 is 0 Å². The van der Waals surface area contributed by atoms with Crippen LogP contribution in [0.4, 0.5) is 0 Å². The SMILES string of the molecule is C#CCCCC(=O)c1ccc(C)nc1. The molecule has 72 valence electrons. The Morgan fingerprint density at radius 3 is 2.93 bits per heavy atom. The first-order valence-corrected chi connectivity index (χ1v) is 4.63. The second-order valence-corrected chi connectivity index (χ2v) is 3.17. The number of rotatable bonds is 4. The molecule has 1 aromatic rings. The van der Waals surface area contributed by atoms with E-state index in [9.17, 15) is 4.79 Å². The average molecular weight is 187 g/mol. The first kappa shape index (κ1) is 10.5. The highest BCUT2D eigenvalue weighted by molar-refractivity contribution is 5.95. The molecule has 0 saturated carbocycles. The molecule has 1 aromatic heterocycles. The Morgan fingerprint density at radius 2 is 2.36 bits per heavy atom. The molecule has 2 heteroatoms. The maximum absolute atomic E-state index is 11.5. The largest absolute Gasteiger partial charge is 0.294 e. The fourth-order valence-corrected chi connectivity index (χ4v) is 1.13. The Balaban J connectivity index is 2.53. The van der Waals surface area contributed by atoms with E-state index < -0.39 is 0 Å². The van der Waals surface area contributed by atoms with Gasteiger partial charge in [0.05, 0.1) is 0 Å². The third kappa shape index (κ3) is 3.02. The zero-order valence-electron chi connectivity index (χ0n) is 8.29. The van der Waals surface area contributed by atoms with Gasteiger partial charge >= 0.3 is 0 Å². The van der Waals surface area contributed by atoms with Crippen LogP contribution in [0.15, 0.2) is 18.3 Å². The number of hydrogen-bond donors (Lipinski definition) is 0. The van der Waals surface area contributed by atoms with Gasteiger partial charge in [-0.15, -0.1) is 12.3 Å². The summed E-state index contributed by atoms with van der Waals surface area (Å²) in [6.07, 6.45) is 8.64. The van der Waals surface area contributed by atoms with Crippen molar-refractivity contribution in [2.75, 3.05) is 0 Å².